The van der Waals surface area contributed by atoms with Crippen LogP contribution in [0.4, 0.5) is 0 Å². The lowest BCUT2D eigenvalue weighted by Gasteiger charge is -2.14. The van der Waals surface area contributed by atoms with Gasteiger partial charge in [0.1, 0.15) is 0 Å². The molecule has 1 fully saturated rings. The van der Waals surface area contributed by atoms with Crippen LogP contribution in [-0.4, -0.2) is 22.8 Å². The summed E-state index contributed by atoms with van der Waals surface area (Å²) < 4.78 is 0. The summed E-state index contributed by atoms with van der Waals surface area (Å²) in [5, 5.41) is 0.436. The van der Waals surface area contributed by atoms with E-state index in [1.807, 2.05) is 24.3 Å². The molecule has 1 aromatic rings. The largest absolute Gasteiger partial charge is 0.333 e. The Morgan fingerprint density at radius 2 is 1.86 bits per heavy atom. The minimum atomic E-state index is -0.606. The van der Waals surface area contributed by atoms with Gasteiger partial charge in [0.05, 0.1) is 0 Å². The Kier molecular flexibility index (Phi) is 5.38. The van der Waals surface area contributed by atoms with Gasteiger partial charge in [-0.15, -0.1) is 5.06 Å². The molecule has 6 heteroatoms. The Balaban J connectivity index is 1.83. The molecule has 2 rings (SSSR count). The summed E-state index contributed by atoms with van der Waals surface area (Å²) in [6.45, 7) is 3.69. The van der Waals surface area contributed by atoms with Gasteiger partial charge in [-0.2, -0.15) is 12.6 Å². The van der Waals surface area contributed by atoms with Gasteiger partial charge in [-0.1, -0.05) is 36.9 Å². The van der Waals surface area contributed by atoms with E-state index in [4.69, 9.17) is 4.84 Å². The molecule has 1 heterocycles. The van der Waals surface area contributed by atoms with E-state index < -0.39 is 17.8 Å². The second-order valence-electron chi connectivity index (χ2n) is 4.97. The van der Waals surface area contributed by atoms with E-state index in [9.17, 15) is 14.4 Å². The number of benzene rings is 1. The van der Waals surface area contributed by atoms with Crippen molar-refractivity contribution >= 4 is 36.5 Å². The molecule has 2 amide bonds. The number of hydrogen-bond donors (Lipinski definition) is 1. The van der Waals surface area contributed by atoms with E-state index >= 15 is 0 Å². The standard InChI is InChI=1S/C16H17NO4S/c1-2-11-3-5-12(6-4-11)13(22)7-10-16(20)21-17-14(18)8-9-15(17)19/h2-6,13,22H,1,7-10H2. The van der Waals surface area contributed by atoms with Gasteiger partial charge in [-0.05, 0) is 17.5 Å². The van der Waals surface area contributed by atoms with Gasteiger partial charge in [-0.25, -0.2) is 4.79 Å². The second-order valence-corrected chi connectivity index (χ2v) is 5.59. The maximum atomic E-state index is 11.7. The number of amides is 2. The van der Waals surface area contributed by atoms with E-state index in [1.54, 1.807) is 6.08 Å². The molecule has 1 aliphatic heterocycles. The molecule has 1 atom stereocenters. The van der Waals surface area contributed by atoms with Crippen LogP contribution in [0.1, 0.15) is 42.1 Å². The predicted octanol–water partition coefficient (Wildman–Crippen LogP) is 2.69. The zero-order valence-electron chi connectivity index (χ0n) is 12.0. The fourth-order valence-electron chi connectivity index (χ4n) is 2.08. The molecule has 0 aromatic heterocycles. The average molecular weight is 319 g/mol. The molecule has 0 bridgehead atoms. The lowest BCUT2D eigenvalue weighted by atomic mass is 10.1. The molecule has 0 N–H and O–H groups in total. The van der Waals surface area contributed by atoms with Crippen LogP contribution in [0.2, 0.25) is 0 Å². The Hall–Kier alpha value is -2.08. The quantitative estimate of drug-likeness (QED) is 0.647. The maximum absolute atomic E-state index is 11.7. The Labute approximate surface area is 134 Å². The molecule has 1 aliphatic rings. The van der Waals surface area contributed by atoms with Crippen LogP contribution in [0.5, 0.6) is 0 Å². The third kappa shape index (κ3) is 3.98. The monoisotopic (exact) mass is 319 g/mol. The number of nitrogens with zero attached hydrogens (tertiary/aromatic N) is 1. The minimum Gasteiger partial charge on any atom is -0.330 e. The van der Waals surface area contributed by atoms with Crippen LogP contribution in [0.25, 0.3) is 6.08 Å². The zero-order valence-corrected chi connectivity index (χ0v) is 12.9. The highest BCUT2D eigenvalue weighted by molar-refractivity contribution is 7.80. The fourth-order valence-corrected chi connectivity index (χ4v) is 2.38. The normalized spacial score (nSPS) is 15.8. The van der Waals surface area contributed by atoms with E-state index in [1.165, 1.54) is 0 Å². The van der Waals surface area contributed by atoms with Crippen molar-refractivity contribution in [3.63, 3.8) is 0 Å². The summed E-state index contributed by atoms with van der Waals surface area (Å²) in [5.74, 6) is -1.55. The third-order valence-corrected chi connectivity index (χ3v) is 3.93. The average Bonchev–Trinajstić information content (AvgIpc) is 2.84. The first kappa shape index (κ1) is 16.3. The van der Waals surface area contributed by atoms with Crippen molar-refractivity contribution in [1.29, 1.82) is 0 Å². The van der Waals surface area contributed by atoms with Gasteiger partial charge < -0.3 is 4.84 Å². The topological polar surface area (TPSA) is 63.7 Å². The van der Waals surface area contributed by atoms with E-state index in [0.717, 1.165) is 11.1 Å². The number of carbonyl (C=O) groups excluding carboxylic acids is 3. The highest BCUT2D eigenvalue weighted by Crippen LogP contribution is 2.26. The molecular formula is C16H17NO4S. The van der Waals surface area contributed by atoms with E-state index in [0.29, 0.717) is 11.5 Å². The second kappa shape index (κ2) is 7.26. The van der Waals surface area contributed by atoms with Gasteiger partial charge >= 0.3 is 5.97 Å². The molecular weight excluding hydrogens is 302 g/mol. The molecule has 0 radical (unpaired) electrons. The van der Waals surface area contributed by atoms with Crippen molar-refractivity contribution in [2.24, 2.45) is 0 Å². The van der Waals surface area contributed by atoms with Crippen LogP contribution in [0.3, 0.4) is 0 Å². The van der Waals surface area contributed by atoms with Crippen molar-refractivity contribution in [2.75, 3.05) is 0 Å². The van der Waals surface area contributed by atoms with Crippen molar-refractivity contribution in [3.05, 3.63) is 42.0 Å². The molecule has 0 spiro atoms. The first-order chi connectivity index (χ1) is 10.5. The number of thiol groups is 1. The Morgan fingerprint density at radius 1 is 1.27 bits per heavy atom. The third-order valence-electron chi connectivity index (χ3n) is 3.38. The zero-order chi connectivity index (χ0) is 16.1. The molecule has 22 heavy (non-hydrogen) atoms. The van der Waals surface area contributed by atoms with Gasteiger partial charge in [0.2, 0.25) is 0 Å². The summed E-state index contributed by atoms with van der Waals surface area (Å²) in [4.78, 5) is 39.2. The highest BCUT2D eigenvalue weighted by atomic mass is 32.1. The molecule has 1 aromatic carbocycles. The predicted molar refractivity (Wildman–Crippen MR) is 84.7 cm³/mol. The van der Waals surface area contributed by atoms with Crippen molar-refractivity contribution in [3.8, 4) is 0 Å². The number of carbonyl (C=O) groups is 3. The van der Waals surface area contributed by atoms with Crippen LogP contribution < -0.4 is 0 Å². The Morgan fingerprint density at radius 3 is 2.41 bits per heavy atom. The van der Waals surface area contributed by atoms with Gasteiger partial charge in [0.15, 0.2) is 0 Å². The summed E-state index contributed by atoms with van der Waals surface area (Å²) >= 11 is 4.46. The van der Waals surface area contributed by atoms with Crippen LogP contribution in [-0.2, 0) is 19.2 Å². The molecule has 0 aliphatic carbocycles. The molecule has 1 saturated heterocycles. The van der Waals surface area contributed by atoms with E-state index in [2.05, 4.69) is 19.2 Å². The van der Waals surface area contributed by atoms with Gasteiger partial charge in [0, 0.05) is 24.5 Å². The lowest BCUT2D eigenvalue weighted by Crippen LogP contribution is -2.32. The van der Waals surface area contributed by atoms with Crippen molar-refractivity contribution in [2.45, 2.75) is 30.9 Å². The molecule has 1 unspecified atom stereocenters. The van der Waals surface area contributed by atoms with Crippen molar-refractivity contribution in [1.82, 2.24) is 5.06 Å². The van der Waals surface area contributed by atoms with Gasteiger partial charge in [-0.3, -0.25) is 9.59 Å². The summed E-state index contributed by atoms with van der Waals surface area (Å²) in [7, 11) is 0. The smallest absolute Gasteiger partial charge is 0.330 e. The minimum absolute atomic E-state index is 0.0778. The number of hydroxylamine groups is 2. The Bertz CT molecular complexity index is 581. The molecule has 0 saturated carbocycles. The van der Waals surface area contributed by atoms with Crippen LogP contribution >= 0.6 is 12.6 Å². The summed E-state index contributed by atoms with van der Waals surface area (Å²) in [5.41, 5.74) is 1.99. The molecule has 5 nitrogen and oxygen atoms in total. The first-order valence-electron chi connectivity index (χ1n) is 6.98. The van der Waals surface area contributed by atoms with Crippen molar-refractivity contribution < 1.29 is 19.2 Å². The highest BCUT2D eigenvalue weighted by Gasteiger charge is 2.32. The summed E-state index contributed by atoms with van der Waals surface area (Å²) in [6, 6.07) is 7.69. The van der Waals surface area contributed by atoms with E-state index in [-0.39, 0.29) is 24.5 Å². The van der Waals surface area contributed by atoms with Crippen LogP contribution in [0.15, 0.2) is 30.8 Å². The van der Waals surface area contributed by atoms with Crippen LogP contribution in [0, 0.1) is 0 Å². The van der Waals surface area contributed by atoms with Gasteiger partial charge in [0.25, 0.3) is 11.8 Å². The maximum Gasteiger partial charge on any atom is 0.333 e. The lowest BCUT2D eigenvalue weighted by molar-refractivity contribution is -0.197. The number of hydrogen-bond acceptors (Lipinski definition) is 5. The fraction of sp³-hybridized carbons (Fsp3) is 0.312. The molecule has 116 valence electrons. The summed E-state index contributed by atoms with van der Waals surface area (Å²) in [6.07, 6.45) is 2.46. The SMILES string of the molecule is C=Cc1ccc(C(S)CCC(=O)ON2C(=O)CCC2=O)cc1. The number of imide groups is 1. The first-order valence-corrected chi connectivity index (χ1v) is 7.50. The number of rotatable bonds is 6.